The van der Waals surface area contributed by atoms with Gasteiger partial charge in [0.05, 0.1) is 0 Å². The Labute approximate surface area is 128 Å². The molecule has 0 saturated carbocycles. The lowest BCUT2D eigenvalue weighted by molar-refractivity contribution is 0.529. The number of rotatable bonds is 6. The predicted molar refractivity (Wildman–Crippen MR) is 87.5 cm³/mol. The highest BCUT2D eigenvalue weighted by Gasteiger charge is 2.13. The number of hydrogen-bond acceptors (Lipinski definition) is 3. The van der Waals surface area contributed by atoms with Crippen LogP contribution in [0.4, 0.5) is 5.82 Å². The first-order valence-corrected chi connectivity index (χ1v) is 7.68. The smallest absolute Gasteiger partial charge is 0.126 e. The molecule has 0 radical (unpaired) electrons. The van der Waals surface area contributed by atoms with Crippen molar-refractivity contribution in [2.75, 3.05) is 12.3 Å². The molecule has 3 N–H and O–H groups in total. The predicted octanol–water partition coefficient (Wildman–Crippen LogP) is 3.71. The van der Waals surface area contributed by atoms with E-state index in [2.05, 4.69) is 57.4 Å². The summed E-state index contributed by atoms with van der Waals surface area (Å²) in [4.78, 5) is 4.16. The lowest BCUT2D eigenvalue weighted by Gasteiger charge is -2.20. The van der Waals surface area contributed by atoms with Crippen molar-refractivity contribution in [2.45, 2.75) is 25.8 Å². The van der Waals surface area contributed by atoms with Crippen LogP contribution < -0.4 is 11.1 Å². The highest BCUT2D eigenvalue weighted by molar-refractivity contribution is 9.10. The van der Waals surface area contributed by atoms with Crippen LogP contribution in [0.25, 0.3) is 0 Å². The summed E-state index contributed by atoms with van der Waals surface area (Å²) in [5, 5.41) is 3.58. The number of anilines is 1. The average Bonchev–Trinajstić information content (AvgIpc) is 2.46. The molecule has 0 fully saturated rings. The molecule has 3 nitrogen and oxygen atoms in total. The second-order valence-corrected chi connectivity index (χ2v) is 5.73. The quantitative estimate of drug-likeness (QED) is 0.847. The van der Waals surface area contributed by atoms with E-state index in [1.807, 2.05) is 12.1 Å². The summed E-state index contributed by atoms with van der Waals surface area (Å²) in [6, 6.07) is 12.7. The fourth-order valence-corrected chi connectivity index (χ4v) is 2.43. The highest BCUT2D eigenvalue weighted by atomic mass is 79.9. The second-order valence-electron chi connectivity index (χ2n) is 4.81. The standard InChI is InChI=1S/C16H20BrN3/c1-2-9-19-15(12-5-7-14(17)8-6-12)11-13-4-3-10-20-16(13)18/h3-8,10,15,19H,2,9,11H2,1H3,(H2,18,20). The summed E-state index contributed by atoms with van der Waals surface area (Å²) in [6.07, 6.45) is 3.68. The van der Waals surface area contributed by atoms with E-state index in [-0.39, 0.29) is 6.04 Å². The van der Waals surface area contributed by atoms with Gasteiger partial charge in [0.15, 0.2) is 0 Å². The Morgan fingerprint density at radius 1 is 1.25 bits per heavy atom. The van der Waals surface area contributed by atoms with Gasteiger partial charge in [-0.25, -0.2) is 4.98 Å². The molecule has 1 unspecified atom stereocenters. The van der Waals surface area contributed by atoms with Gasteiger partial charge in [0.2, 0.25) is 0 Å². The molecule has 0 spiro atoms. The van der Waals surface area contributed by atoms with E-state index >= 15 is 0 Å². The fourth-order valence-electron chi connectivity index (χ4n) is 2.16. The molecule has 0 aliphatic rings. The molecule has 1 aromatic heterocycles. The molecule has 106 valence electrons. The minimum Gasteiger partial charge on any atom is -0.383 e. The molecule has 0 aliphatic carbocycles. The summed E-state index contributed by atoms with van der Waals surface area (Å²) < 4.78 is 1.09. The summed E-state index contributed by atoms with van der Waals surface area (Å²) in [6.45, 7) is 3.16. The molecular weight excluding hydrogens is 314 g/mol. The van der Waals surface area contributed by atoms with Crippen LogP contribution in [-0.2, 0) is 6.42 Å². The zero-order valence-corrected chi connectivity index (χ0v) is 13.2. The number of nitrogens with one attached hydrogen (secondary N) is 1. The van der Waals surface area contributed by atoms with Crippen molar-refractivity contribution in [3.63, 3.8) is 0 Å². The van der Waals surface area contributed by atoms with Gasteiger partial charge >= 0.3 is 0 Å². The summed E-state index contributed by atoms with van der Waals surface area (Å²) in [5.74, 6) is 0.618. The van der Waals surface area contributed by atoms with Crippen molar-refractivity contribution < 1.29 is 0 Å². The minimum atomic E-state index is 0.259. The molecule has 0 amide bonds. The van der Waals surface area contributed by atoms with E-state index in [0.29, 0.717) is 5.82 Å². The fraction of sp³-hybridized carbons (Fsp3) is 0.312. The maximum atomic E-state index is 5.95. The molecule has 0 aliphatic heterocycles. The molecule has 2 rings (SSSR count). The van der Waals surface area contributed by atoms with Crippen LogP contribution in [0, 0.1) is 0 Å². The molecule has 4 heteroatoms. The molecule has 1 aromatic carbocycles. The lowest BCUT2D eigenvalue weighted by Crippen LogP contribution is -2.24. The SMILES string of the molecule is CCCNC(Cc1cccnc1N)c1ccc(Br)cc1. The van der Waals surface area contributed by atoms with Crippen molar-refractivity contribution in [3.05, 3.63) is 58.2 Å². The van der Waals surface area contributed by atoms with Crippen LogP contribution in [0.3, 0.4) is 0 Å². The normalized spacial score (nSPS) is 12.3. The lowest BCUT2D eigenvalue weighted by atomic mass is 9.99. The summed E-state index contributed by atoms with van der Waals surface area (Å²) >= 11 is 3.48. The summed E-state index contributed by atoms with van der Waals surface area (Å²) in [5.41, 5.74) is 8.31. The maximum absolute atomic E-state index is 5.95. The first kappa shape index (κ1) is 15.0. The zero-order chi connectivity index (χ0) is 14.4. The van der Waals surface area contributed by atoms with E-state index in [1.165, 1.54) is 5.56 Å². The van der Waals surface area contributed by atoms with E-state index in [9.17, 15) is 0 Å². The Bertz CT molecular complexity index is 540. The van der Waals surface area contributed by atoms with Gasteiger partial charge in [-0.2, -0.15) is 0 Å². The number of benzene rings is 1. The summed E-state index contributed by atoms with van der Waals surface area (Å²) in [7, 11) is 0. The van der Waals surface area contributed by atoms with Gasteiger partial charge in [-0.05, 0) is 48.7 Å². The molecule has 2 aromatic rings. The average molecular weight is 334 g/mol. The Morgan fingerprint density at radius 2 is 2.00 bits per heavy atom. The molecule has 20 heavy (non-hydrogen) atoms. The van der Waals surface area contributed by atoms with Crippen molar-refractivity contribution in [1.29, 1.82) is 0 Å². The topological polar surface area (TPSA) is 50.9 Å². The van der Waals surface area contributed by atoms with E-state index in [4.69, 9.17) is 5.73 Å². The monoisotopic (exact) mass is 333 g/mol. The number of halogens is 1. The minimum absolute atomic E-state index is 0.259. The number of hydrogen-bond donors (Lipinski definition) is 2. The highest BCUT2D eigenvalue weighted by Crippen LogP contribution is 2.22. The number of nitrogens with two attached hydrogens (primary N) is 1. The van der Waals surface area contributed by atoms with Crippen LogP contribution in [-0.4, -0.2) is 11.5 Å². The van der Waals surface area contributed by atoms with Gasteiger partial charge < -0.3 is 11.1 Å². The maximum Gasteiger partial charge on any atom is 0.126 e. The van der Waals surface area contributed by atoms with E-state index in [0.717, 1.165) is 29.4 Å². The van der Waals surface area contributed by atoms with Gasteiger partial charge in [0.1, 0.15) is 5.82 Å². The van der Waals surface area contributed by atoms with Crippen LogP contribution in [0.15, 0.2) is 47.1 Å². The van der Waals surface area contributed by atoms with Crippen LogP contribution in [0.5, 0.6) is 0 Å². The van der Waals surface area contributed by atoms with Gasteiger partial charge in [0.25, 0.3) is 0 Å². The first-order chi connectivity index (χ1) is 9.70. The molecule has 0 saturated heterocycles. The zero-order valence-electron chi connectivity index (χ0n) is 11.6. The molecule has 0 bridgehead atoms. The third-order valence-corrected chi connectivity index (χ3v) is 3.79. The van der Waals surface area contributed by atoms with Crippen LogP contribution >= 0.6 is 15.9 Å². The van der Waals surface area contributed by atoms with Crippen molar-refractivity contribution >= 4 is 21.7 Å². The molecule has 1 heterocycles. The van der Waals surface area contributed by atoms with Gasteiger partial charge in [0, 0.05) is 16.7 Å². The van der Waals surface area contributed by atoms with Crippen molar-refractivity contribution in [1.82, 2.24) is 10.3 Å². The van der Waals surface area contributed by atoms with Crippen molar-refractivity contribution in [2.24, 2.45) is 0 Å². The van der Waals surface area contributed by atoms with E-state index < -0.39 is 0 Å². The number of nitrogens with zero attached hydrogens (tertiary/aromatic N) is 1. The number of nitrogen functional groups attached to an aromatic ring is 1. The van der Waals surface area contributed by atoms with Gasteiger partial charge in [-0.15, -0.1) is 0 Å². The second kappa shape index (κ2) is 7.41. The first-order valence-electron chi connectivity index (χ1n) is 6.89. The van der Waals surface area contributed by atoms with E-state index in [1.54, 1.807) is 6.20 Å². The number of pyridine rings is 1. The van der Waals surface area contributed by atoms with Crippen molar-refractivity contribution in [3.8, 4) is 0 Å². The van der Waals surface area contributed by atoms with Gasteiger partial charge in [-0.3, -0.25) is 0 Å². The largest absolute Gasteiger partial charge is 0.383 e. The Balaban J connectivity index is 2.19. The van der Waals surface area contributed by atoms with Crippen LogP contribution in [0.1, 0.15) is 30.5 Å². The molecule has 1 atom stereocenters. The van der Waals surface area contributed by atoms with Gasteiger partial charge in [-0.1, -0.05) is 41.1 Å². The van der Waals surface area contributed by atoms with Crippen LogP contribution in [0.2, 0.25) is 0 Å². The number of aromatic nitrogens is 1. The Hall–Kier alpha value is -1.39. The Kier molecular flexibility index (Phi) is 5.56. The Morgan fingerprint density at radius 3 is 2.65 bits per heavy atom. The molecular formula is C16H20BrN3. The third-order valence-electron chi connectivity index (χ3n) is 3.26. The third kappa shape index (κ3) is 4.05.